The minimum Gasteiger partial charge on any atom is -0.495 e. The topological polar surface area (TPSA) is 149 Å². The third-order valence-corrected chi connectivity index (χ3v) is 14.2. The molecule has 4 aliphatic heterocycles. The van der Waals surface area contributed by atoms with Gasteiger partial charge in [0, 0.05) is 85.7 Å². The van der Waals surface area contributed by atoms with Gasteiger partial charge in [0.15, 0.2) is 0 Å². The molecular weight excluding hydrogens is 852 g/mol. The Balaban J connectivity index is 0.694. The van der Waals surface area contributed by atoms with Gasteiger partial charge in [-0.15, -0.1) is 0 Å². The van der Waals surface area contributed by atoms with Crippen molar-refractivity contribution in [2.45, 2.75) is 57.5 Å². The predicted octanol–water partition coefficient (Wildman–Crippen LogP) is 7.71. The van der Waals surface area contributed by atoms with Gasteiger partial charge in [0.1, 0.15) is 34.5 Å². The van der Waals surface area contributed by atoms with Crippen molar-refractivity contribution in [2.75, 3.05) is 73.4 Å². The zero-order chi connectivity index (χ0) is 46.2. The third kappa shape index (κ3) is 9.12. The molecule has 5 heterocycles. The van der Waals surface area contributed by atoms with Crippen LogP contribution in [-0.4, -0.2) is 97.4 Å². The SMILES string of the molecule is C=C1CC[C@H](N2Cc3cc(N4CCN(CCC5CCN(c6cc7nccc(Oc8ccc(NC(=O)C9(C(=O)Nc%10ccc(F)cc%10)CC9)cc8)c7cc6OC)CC5)CC4)ccc3C2=O)C(=O)N1. The van der Waals surface area contributed by atoms with E-state index in [1.54, 1.807) is 42.5 Å². The quantitative estimate of drug-likeness (QED) is 0.100. The van der Waals surface area contributed by atoms with E-state index < -0.39 is 23.2 Å². The molecule has 1 saturated carbocycles. The molecule has 4 amide bonds. The molecule has 0 radical (unpaired) electrons. The molecule has 346 valence electrons. The van der Waals surface area contributed by atoms with Crippen molar-refractivity contribution in [3.8, 4) is 17.2 Å². The third-order valence-electron chi connectivity index (χ3n) is 14.2. The second-order valence-corrected chi connectivity index (χ2v) is 18.4. The Morgan fingerprint density at radius 1 is 0.836 bits per heavy atom. The molecule has 1 aliphatic carbocycles. The normalized spacial score (nSPS) is 19.5. The van der Waals surface area contributed by atoms with Crippen molar-refractivity contribution in [1.29, 1.82) is 0 Å². The summed E-state index contributed by atoms with van der Waals surface area (Å²) in [5.74, 6) is 1.18. The van der Waals surface area contributed by atoms with Crippen molar-refractivity contribution < 1.29 is 33.0 Å². The summed E-state index contributed by atoms with van der Waals surface area (Å²) in [6.45, 7) is 11.1. The number of aromatic nitrogens is 1. The number of anilines is 4. The van der Waals surface area contributed by atoms with E-state index in [-0.39, 0.29) is 17.7 Å². The van der Waals surface area contributed by atoms with Gasteiger partial charge >= 0.3 is 0 Å². The van der Waals surface area contributed by atoms with Gasteiger partial charge in [-0.1, -0.05) is 6.58 Å². The molecule has 3 N–H and O–H groups in total. The van der Waals surface area contributed by atoms with Gasteiger partial charge in [0.2, 0.25) is 17.7 Å². The number of nitrogens with one attached hydrogen (secondary N) is 3. The lowest BCUT2D eigenvalue weighted by atomic mass is 9.92. The first-order valence-corrected chi connectivity index (χ1v) is 23.3. The number of hydrogen-bond acceptors (Lipinski definition) is 10. The van der Waals surface area contributed by atoms with Gasteiger partial charge < -0.3 is 40.1 Å². The highest BCUT2D eigenvalue weighted by Crippen LogP contribution is 2.48. The first-order chi connectivity index (χ1) is 32.5. The highest BCUT2D eigenvalue weighted by Gasteiger charge is 2.56. The van der Waals surface area contributed by atoms with Crippen LogP contribution in [-0.2, 0) is 20.9 Å². The summed E-state index contributed by atoms with van der Waals surface area (Å²) in [5, 5.41) is 9.24. The highest BCUT2D eigenvalue weighted by molar-refractivity contribution is 6.17. The van der Waals surface area contributed by atoms with E-state index in [1.807, 2.05) is 18.2 Å². The number of rotatable bonds is 13. The average Bonchev–Trinajstić information content (AvgIpc) is 4.11. The van der Waals surface area contributed by atoms with E-state index in [1.165, 1.54) is 24.3 Å². The minimum atomic E-state index is -1.16. The number of piperazine rings is 1. The molecule has 0 bridgehead atoms. The lowest BCUT2D eigenvalue weighted by Gasteiger charge is -2.38. The second-order valence-electron chi connectivity index (χ2n) is 18.4. The standard InChI is InChI=1S/C52H55FN8O6/c1-33-3-14-44(48(62)55-33)61-32-35-29-39(10-13-41(35)49(61)63)59-27-25-58(26-28-59)22-16-34-17-23-60(24-18-34)45-31-43-42(30-47(45)66-2)46(15-21-54-43)67-40-11-8-38(9-12-40)57-51(65)52(19-20-52)50(64)56-37-6-4-36(53)5-7-37/h4-13,15,21,29-31,34,44H,1,3,14,16-20,22-28,32H2,2H3,(H,55,62)(H,56,64)(H,57,65)/t44-/m0/s1. The van der Waals surface area contributed by atoms with E-state index in [0.29, 0.717) is 72.3 Å². The molecule has 10 rings (SSSR count). The first kappa shape index (κ1) is 43.9. The van der Waals surface area contributed by atoms with Crippen LogP contribution in [0, 0.1) is 17.2 Å². The number of allylic oxidation sites excluding steroid dienone is 1. The molecular formula is C52H55FN8O6. The summed E-state index contributed by atoms with van der Waals surface area (Å²) in [5.41, 5.74) is 5.16. The monoisotopic (exact) mass is 906 g/mol. The van der Waals surface area contributed by atoms with Crippen molar-refractivity contribution in [2.24, 2.45) is 11.3 Å². The maximum atomic E-state index is 13.3. The van der Waals surface area contributed by atoms with Gasteiger partial charge in [-0.05, 0) is 148 Å². The smallest absolute Gasteiger partial charge is 0.255 e. The van der Waals surface area contributed by atoms with E-state index in [2.05, 4.69) is 55.4 Å². The summed E-state index contributed by atoms with van der Waals surface area (Å²) in [7, 11) is 1.69. The fourth-order valence-electron chi connectivity index (χ4n) is 9.98. The van der Waals surface area contributed by atoms with Gasteiger partial charge in [0.05, 0.1) is 18.3 Å². The minimum absolute atomic E-state index is 0.0648. The van der Waals surface area contributed by atoms with Crippen LogP contribution in [0.15, 0.2) is 103 Å². The van der Waals surface area contributed by atoms with Crippen LogP contribution < -0.4 is 35.2 Å². The Labute approximate surface area is 389 Å². The lowest BCUT2D eigenvalue weighted by molar-refractivity contribution is -0.131. The van der Waals surface area contributed by atoms with Gasteiger partial charge in [-0.3, -0.25) is 29.1 Å². The number of carbonyl (C=O) groups is 4. The first-order valence-electron chi connectivity index (χ1n) is 23.3. The molecule has 0 unspecified atom stereocenters. The van der Waals surface area contributed by atoms with Crippen molar-refractivity contribution in [3.05, 3.63) is 120 Å². The predicted molar refractivity (Wildman–Crippen MR) is 255 cm³/mol. The molecule has 4 aromatic carbocycles. The van der Waals surface area contributed by atoms with Crippen LogP contribution in [0.5, 0.6) is 17.2 Å². The molecule has 1 aromatic heterocycles. The number of halogens is 1. The van der Waals surface area contributed by atoms with Gasteiger partial charge in [-0.2, -0.15) is 0 Å². The Morgan fingerprint density at radius 2 is 1.54 bits per heavy atom. The second kappa shape index (κ2) is 18.4. The number of pyridine rings is 1. The number of ether oxygens (including phenoxy) is 2. The van der Waals surface area contributed by atoms with Crippen LogP contribution >= 0.6 is 0 Å². The number of methoxy groups -OCH3 is 1. The summed E-state index contributed by atoms with van der Waals surface area (Å²) in [6.07, 6.45) is 7.25. The van der Waals surface area contributed by atoms with E-state index in [0.717, 1.165) is 98.7 Å². The number of nitrogens with zero attached hydrogens (tertiary/aromatic N) is 5. The van der Waals surface area contributed by atoms with Crippen LogP contribution in [0.25, 0.3) is 10.9 Å². The van der Waals surface area contributed by atoms with Gasteiger partial charge in [0.25, 0.3) is 5.91 Å². The maximum absolute atomic E-state index is 13.3. The fourth-order valence-corrected chi connectivity index (χ4v) is 9.98. The average molecular weight is 907 g/mol. The number of piperidine rings is 2. The van der Waals surface area contributed by atoms with Gasteiger partial charge in [-0.25, -0.2) is 4.39 Å². The van der Waals surface area contributed by atoms with E-state index >= 15 is 0 Å². The summed E-state index contributed by atoms with van der Waals surface area (Å²) in [4.78, 5) is 65.9. The lowest BCUT2D eigenvalue weighted by Crippen LogP contribution is -2.49. The molecule has 0 spiro atoms. The maximum Gasteiger partial charge on any atom is 0.255 e. The molecule has 67 heavy (non-hydrogen) atoms. The van der Waals surface area contributed by atoms with Crippen LogP contribution in [0.3, 0.4) is 0 Å². The number of hydrogen-bond donors (Lipinski definition) is 3. The Kier molecular flexibility index (Phi) is 12.0. The van der Waals surface area contributed by atoms with Crippen LogP contribution in [0.2, 0.25) is 0 Å². The summed E-state index contributed by atoms with van der Waals surface area (Å²) >= 11 is 0. The van der Waals surface area contributed by atoms with Crippen molar-refractivity contribution in [3.63, 3.8) is 0 Å². The zero-order valence-electron chi connectivity index (χ0n) is 37.7. The molecule has 5 aromatic rings. The van der Waals surface area contributed by atoms with E-state index in [9.17, 15) is 23.6 Å². The number of amides is 4. The Bertz CT molecular complexity index is 2730. The molecule has 14 nitrogen and oxygen atoms in total. The Hall–Kier alpha value is -7.00. The highest BCUT2D eigenvalue weighted by atomic mass is 19.1. The van der Waals surface area contributed by atoms with Crippen molar-refractivity contribution >= 4 is 57.3 Å². The van der Waals surface area contributed by atoms with Crippen LogP contribution in [0.4, 0.5) is 27.1 Å². The molecule has 1 atom stereocenters. The molecule has 15 heteroatoms. The molecule has 3 saturated heterocycles. The number of carbonyl (C=O) groups excluding carboxylic acids is 4. The molecule has 5 aliphatic rings. The summed E-state index contributed by atoms with van der Waals surface area (Å²) < 4.78 is 25.6. The van der Waals surface area contributed by atoms with Crippen molar-refractivity contribution in [1.82, 2.24) is 20.1 Å². The molecule has 4 fully saturated rings. The Morgan fingerprint density at radius 3 is 2.21 bits per heavy atom. The van der Waals surface area contributed by atoms with E-state index in [4.69, 9.17) is 14.5 Å². The largest absolute Gasteiger partial charge is 0.495 e. The van der Waals surface area contributed by atoms with Crippen LogP contribution in [0.1, 0.15) is 60.9 Å². The zero-order valence-corrected chi connectivity index (χ0v) is 37.7. The number of benzene rings is 4. The summed E-state index contributed by atoms with van der Waals surface area (Å²) in [6, 6.07) is 24.0. The number of fused-ring (bicyclic) bond motifs is 2. The fraction of sp³-hybridized carbons (Fsp3) is 0.365.